The van der Waals surface area contributed by atoms with Gasteiger partial charge in [0, 0.05) is 22.3 Å². The molecule has 0 unspecified atom stereocenters. The number of rotatable bonds is 4. The highest BCUT2D eigenvalue weighted by Crippen LogP contribution is 2.25. The maximum absolute atomic E-state index is 13.8. The first-order chi connectivity index (χ1) is 9.93. The first kappa shape index (κ1) is 15.4. The zero-order valence-corrected chi connectivity index (χ0v) is 12.8. The van der Waals surface area contributed by atoms with E-state index < -0.39 is 5.82 Å². The predicted octanol–water partition coefficient (Wildman–Crippen LogP) is 3.92. The number of pyridine rings is 1. The number of halogens is 2. The van der Waals surface area contributed by atoms with Crippen LogP contribution in [0.25, 0.3) is 0 Å². The normalized spacial score (nSPS) is 10.5. The highest BCUT2D eigenvalue weighted by molar-refractivity contribution is 6.30. The van der Waals surface area contributed by atoms with Crippen LogP contribution in [0.4, 0.5) is 4.39 Å². The van der Waals surface area contributed by atoms with Gasteiger partial charge < -0.3 is 4.74 Å². The third-order valence-corrected chi connectivity index (χ3v) is 3.54. The third kappa shape index (κ3) is 3.22. The quantitative estimate of drug-likeness (QED) is 0.804. The van der Waals surface area contributed by atoms with Crippen molar-refractivity contribution in [3.63, 3.8) is 0 Å². The summed E-state index contributed by atoms with van der Waals surface area (Å²) in [6, 6.07) is 4.01. The van der Waals surface area contributed by atoms with E-state index >= 15 is 0 Å². The molecule has 0 aliphatic heterocycles. The lowest BCUT2D eigenvalue weighted by Crippen LogP contribution is -2.10. The summed E-state index contributed by atoms with van der Waals surface area (Å²) >= 11 is 5.68. The summed E-state index contributed by atoms with van der Waals surface area (Å²) < 4.78 is 19.1. The second-order valence-corrected chi connectivity index (χ2v) is 5.21. The predicted molar refractivity (Wildman–Crippen MR) is 79.7 cm³/mol. The van der Waals surface area contributed by atoms with Crippen LogP contribution in [-0.2, 0) is 6.42 Å². The van der Waals surface area contributed by atoms with Crippen LogP contribution >= 0.6 is 11.6 Å². The number of Topliss-reactive ketones (excluding diaryl/α,β-unsaturated/α-hetero) is 1. The van der Waals surface area contributed by atoms with Gasteiger partial charge in [0.05, 0.1) is 24.8 Å². The maximum atomic E-state index is 13.8. The van der Waals surface area contributed by atoms with E-state index in [2.05, 4.69) is 4.98 Å². The molecule has 0 N–H and O–H groups in total. The summed E-state index contributed by atoms with van der Waals surface area (Å²) in [6.07, 6.45) is 1.66. The number of ether oxygens (including phenoxy) is 1. The molecule has 0 atom stereocenters. The van der Waals surface area contributed by atoms with Crippen molar-refractivity contribution in [1.29, 1.82) is 0 Å². The lowest BCUT2D eigenvalue weighted by Gasteiger charge is -2.12. The molecule has 2 rings (SSSR count). The summed E-state index contributed by atoms with van der Waals surface area (Å²) in [5.74, 6) is -0.265. The summed E-state index contributed by atoms with van der Waals surface area (Å²) in [5, 5.41) is 0.260. The summed E-state index contributed by atoms with van der Waals surface area (Å²) in [7, 11) is 1.57. The van der Waals surface area contributed by atoms with Crippen molar-refractivity contribution in [3.05, 3.63) is 57.6 Å². The van der Waals surface area contributed by atoms with E-state index in [1.165, 1.54) is 12.1 Å². The molecule has 0 spiro atoms. The number of carbonyl (C=O) groups is 1. The molecule has 5 heteroatoms. The molecule has 3 nitrogen and oxygen atoms in total. The van der Waals surface area contributed by atoms with Gasteiger partial charge in [-0.1, -0.05) is 11.6 Å². The van der Waals surface area contributed by atoms with E-state index in [-0.39, 0.29) is 22.8 Å². The number of benzene rings is 1. The van der Waals surface area contributed by atoms with Gasteiger partial charge in [0.25, 0.3) is 0 Å². The topological polar surface area (TPSA) is 39.2 Å². The number of hydrogen-bond acceptors (Lipinski definition) is 3. The van der Waals surface area contributed by atoms with Gasteiger partial charge in [-0.15, -0.1) is 0 Å². The molecule has 2 aromatic rings. The molecular weight excluding hydrogens is 293 g/mol. The molecule has 0 radical (unpaired) electrons. The Kier molecular flexibility index (Phi) is 4.58. The highest BCUT2D eigenvalue weighted by atomic mass is 35.5. The zero-order chi connectivity index (χ0) is 15.6. The van der Waals surface area contributed by atoms with Crippen LogP contribution in [-0.4, -0.2) is 17.9 Å². The Morgan fingerprint density at radius 3 is 2.71 bits per heavy atom. The number of nitrogens with zero attached hydrogens (tertiary/aromatic N) is 1. The van der Waals surface area contributed by atoms with Gasteiger partial charge in [0.1, 0.15) is 11.6 Å². The molecule has 1 aromatic heterocycles. The second-order valence-electron chi connectivity index (χ2n) is 4.77. The van der Waals surface area contributed by atoms with Gasteiger partial charge in [-0.25, -0.2) is 4.39 Å². The van der Waals surface area contributed by atoms with Crippen molar-refractivity contribution in [2.24, 2.45) is 0 Å². The Morgan fingerprint density at radius 1 is 1.38 bits per heavy atom. The van der Waals surface area contributed by atoms with Gasteiger partial charge in [0.15, 0.2) is 5.78 Å². The van der Waals surface area contributed by atoms with Gasteiger partial charge >= 0.3 is 0 Å². The SMILES string of the molecule is COc1c(C)cnc(CC(=O)c2ccc(Cl)cc2F)c1C. The van der Waals surface area contributed by atoms with Crippen LogP contribution in [0.2, 0.25) is 5.02 Å². The van der Waals surface area contributed by atoms with Crippen molar-refractivity contribution in [2.75, 3.05) is 7.11 Å². The monoisotopic (exact) mass is 307 g/mol. The van der Waals surface area contributed by atoms with Crippen molar-refractivity contribution in [2.45, 2.75) is 20.3 Å². The van der Waals surface area contributed by atoms with E-state index in [0.717, 1.165) is 17.2 Å². The van der Waals surface area contributed by atoms with E-state index in [9.17, 15) is 9.18 Å². The lowest BCUT2D eigenvalue weighted by atomic mass is 10.0. The lowest BCUT2D eigenvalue weighted by molar-refractivity contribution is 0.0988. The Labute approximate surface area is 127 Å². The summed E-state index contributed by atoms with van der Waals surface area (Å²) in [5.41, 5.74) is 2.28. The first-order valence-corrected chi connectivity index (χ1v) is 6.79. The molecule has 0 saturated carbocycles. The molecule has 1 aromatic carbocycles. The van der Waals surface area contributed by atoms with Gasteiger partial charge in [-0.3, -0.25) is 9.78 Å². The minimum atomic E-state index is -0.621. The van der Waals surface area contributed by atoms with Crippen LogP contribution in [0.5, 0.6) is 5.75 Å². The fraction of sp³-hybridized carbons (Fsp3) is 0.250. The Hall–Kier alpha value is -1.94. The molecule has 1 heterocycles. The van der Waals surface area contributed by atoms with Crippen LogP contribution in [0.1, 0.15) is 27.2 Å². The molecule has 0 bridgehead atoms. The Balaban J connectivity index is 2.32. The average Bonchev–Trinajstić information content (AvgIpc) is 2.42. The van der Waals surface area contributed by atoms with Crippen LogP contribution in [0, 0.1) is 19.7 Å². The number of methoxy groups -OCH3 is 1. The molecule has 110 valence electrons. The zero-order valence-electron chi connectivity index (χ0n) is 12.0. The second kappa shape index (κ2) is 6.22. The molecule has 0 fully saturated rings. The van der Waals surface area contributed by atoms with E-state index in [0.29, 0.717) is 11.4 Å². The van der Waals surface area contributed by atoms with Gasteiger partial charge in [-0.2, -0.15) is 0 Å². The van der Waals surface area contributed by atoms with Crippen LogP contribution in [0.15, 0.2) is 24.4 Å². The smallest absolute Gasteiger partial charge is 0.171 e. The fourth-order valence-corrected chi connectivity index (χ4v) is 2.37. The van der Waals surface area contributed by atoms with Gasteiger partial charge in [0.2, 0.25) is 0 Å². The standard InChI is InChI=1S/C16H15ClFNO2/c1-9-8-19-14(10(2)16(9)21-3)7-15(20)12-5-4-11(17)6-13(12)18/h4-6,8H,7H2,1-3H3. The highest BCUT2D eigenvalue weighted by Gasteiger charge is 2.17. The number of aromatic nitrogens is 1. The summed E-state index contributed by atoms with van der Waals surface area (Å²) in [6.45, 7) is 3.71. The first-order valence-electron chi connectivity index (χ1n) is 6.41. The van der Waals surface area contributed by atoms with E-state index in [4.69, 9.17) is 16.3 Å². The Bertz CT molecular complexity index is 701. The third-order valence-electron chi connectivity index (χ3n) is 3.31. The van der Waals surface area contributed by atoms with Crippen molar-refractivity contribution in [1.82, 2.24) is 4.98 Å². The number of carbonyl (C=O) groups excluding carboxylic acids is 1. The minimum Gasteiger partial charge on any atom is -0.496 e. The molecule has 0 saturated heterocycles. The summed E-state index contributed by atoms with van der Waals surface area (Å²) in [4.78, 5) is 16.5. The van der Waals surface area contributed by atoms with Gasteiger partial charge in [-0.05, 0) is 32.0 Å². The molecule has 0 aliphatic rings. The van der Waals surface area contributed by atoms with E-state index in [1.807, 2.05) is 13.8 Å². The van der Waals surface area contributed by atoms with Crippen LogP contribution < -0.4 is 4.74 Å². The van der Waals surface area contributed by atoms with Crippen molar-refractivity contribution in [3.8, 4) is 5.75 Å². The fourth-order valence-electron chi connectivity index (χ4n) is 2.21. The Morgan fingerprint density at radius 2 is 2.10 bits per heavy atom. The van der Waals surface area contributed by atoms with E-state index in [1.54, 1.807) is 13.3 Å². The van der Waals surface area contributed by atoms with Crippen LogP contribution in [0.3, 0.4) is 0 Å². The van der Waals surface area contributed by atoms with Crippen molar-refractivity contribution >= 4 is 17.4 Å². The molecule has 0 aliphatic carbocycles. The largest absolute Gasteiger partial charge is 0.496 e. The number of aryl methyl sites for hydroxylation is 1. The number of ketones is 1. The molecule has 21 heavy (non-hydrogen) atoms. The molecule has 0 amide bonds. The van der Waals surface area contributed by atoms with Crippen molar-refractivity contribution < 1.29 is 13.9 Å². The number of hydrogen-bond donors (Lipinski definition) is 0. The molecular formula is C16H15ClFNO2. The minimum absolute atomic E-state index is 0.0140. The maximum Gasteiger partial charge on any atom is 0.171 e. The average molecular weight is 308 g/mol.